The maximum absolute atomic E-state index is 12.2. The van der Waals surface area contributed by atoms with E-state index in [1.807, 2.05) is 18.7 Å². The Kier molecular flexibility index (Phi) is 4.77. The van der Waals surface area contributed by atoms with Crippen molar-refractivity contribution in [2.75, 3.05) is 13.1 Å². The van der Waals surface area contributed by atoms with Gasteiger partial charge < -0.3 is 10.0 Å². The molecular weight excluding hydrogens is 230 g/mol. The number of aliphatic carboxylic acids is 1. The van der Waals surface area contributed by atoms with Gasteiger partial charge in [-0.05, 0) is 23.7 Å². The molecule has 1 rings (SSSR count). The lowest BCUT2D eigenvalue weighted by Gasteiger charge is -2.36. The highest BCUT2D eigenvalue weighted by Gasteiger charge is 2.31. The van der Waals surface area contributed by atoms with Crippen molar-refractivity contribution in [1.29, 1.82) is 0 Å². The number of likely N-dealkylation sites (tertiary alicyclic amines) is 1. The zero-order valence-electron chi connectivity index (χ0n) is 11.9. The van der Waals surface area contributed by atoms with E-state index in [-0.39, 0.29) is 12.3 Å². The molecule has 1 N–H and O–H groups in total. The molecule has 4 nitrogen and oxygen atoms in total. The topological polar surface area (TPSA) is 57.6 Å². The van der Waals surface area contributed by atoms with Crippen LogP contribution in [0.4, 0.5) is 0 Å². The van der Waals surface area contributed by atoms with Crippen LogP contribution in [0.2, 0.25) is 0 Å². The Morgan fingerprint density at radius 2 is 1.83 bits per heavy atom. The van der Waals surface area contributed by atoms with E-state index in [1.165, 1.54) is 0 Å². The highest BCUT2D eigenvalue weighted by atomic mass is 16.4. The Morgan fingerprint density at radius 1 is 1.22 bits per heavy atom. The van der Waals surface area contributed by atoms with Crippen LogP contribution in [0.5, 0.6) is 0 Å². The third-order valence-corrected chi connectivity index (χ3v) is 3.95. The molecule has 1 saturated heterocycles. The average Bonchev–Trinajstić information content (AvgIpc) is 2.19. The van der Waals surface area contributed by atoms with Crippen molar-refractivity contribution in [1.82, 2.24) is 4.90 Å². The summed E-state index contributed by atoms with van der Waals surface area (Å²) in [7, 11) is 0. The molecule has 1 fully saturated rings. The number of carboxylic acid groups (broad SMARTS) is 1. The summed E-state index contributed by atoms with van der Waals surface area (Å²) in [6, 6.07) is 0. The largest absolute Gasteiger partial charge is 0.481 e. The van der Waals surface area contributed by atoms with E-state index in [0.29, 0.717) is 18.3 Å². The van der Waals surface area contributed by atoms with Crippen LogP contribution in [-0.2, 0) is 9.59 Å². The van der Waals surface area contributed by atoms with Crippen molar-refractivity contribution in [3.63, 3.8) is 0 Å². The molecule has 0 aromatic carbocycles. The molecule has 1 aliphatic rings. The van der Waals surface area contributed by atoms with Crippen molar-refractivity contribution in [3.05, 3.63) is 0 Å². The molecule has 0 spiro atoms. The van der Waals surface area contributed by atoms with Gasteiger partial charge in [0, 0.05) is 19.5 Å². The SMILES string of the molecule is CC1CCN(C(=O)CC(C)(C)CC(=O)O)CC1C. The van der Waals surface area contributed by atoms with E-state index in [0.717, 1.165) is 19.5 Å². The normalized spacial score (nSPS) is 25.0. The zero-order chi connectivity index (χ0) is 13.9. The predicted octanol–water partition coefficient (Wildman–Crippen LogP) is 2.38. The lowest BCUT2D eigenvalue weighted by molar-refractivity contribution is -0.141. The summed E-state index contributed by atoms with van der Waals surface area (Å²) in [6.45, 7) is 9.70. The molecule has 104 valence electrons. The van der Waals surface area contributed by atoms with Crippen LogP contribution in [0.3, 0.4) is 0 Å². The van der Waals surface area contributed by atoms with E-state index >= 15 is 0 Å². The Morgan fingerprint density at radius 3 is 2.33 bits per heavy atom. The van der Waals surface area contributed by atoms with Crippen molar-refractivity contribution in [2.24, 2.45) is 17.3 Å². The van der Waals surface area contributed by atoms with Gasteiger partial charge in [-0.2, -0.15) is 0 Å². The van der Waals surface area contributed by atoms with Crippen LogP contribution in [0.25, 0.3) is 0 Å². The number of carboxylic acids is 1. The van der Waals surface area contributed by atoms with Crippen molar-refractivity contribution in [2.45, 2.75) is 47.0 Å². The number of piperidine rings is 1. The van der Waals surface area contributed by atoms with Gasteiger partial charge in [-0.15, -0.1) is 0 Å². The quantitative estimate of drug-likeness (QED) is 0.839. The van der Waals surface area contributed by atoms with Gasteiger partial charge in [0.2, 0.25) is 5.91 Å². The molecule has 0 saturated carbocycles. The second-order valence-corrected chi connectivity index (χ2v) is 6.49. The number of amides is 1. The minimum atomic E-state index is -0.839. The van der Waals surface area contributed by atoms with E-state index in [1.54, 1.807) is 0 Å². The molecule has 0 bridgehead atoms. The van der Waals surface area contributed by atoms with Gasteiger partial charge in [-0.3, -0.25) is 9.59 Å². The number of rotatable bonds is 4. The summed E-state index contributed by atoms with van der Waals surface area (Å²) in [5.74, 6) is 0.458. The second kappa shape index (κ2) is 5.72. The Labute approximate surface area is 109 Å². The Balaban J connectivity index is 2.53. The fraction of sp³-hybridized carbons (Fsp3) is 0.857. The first-order valence-electron chi connectivity index (χ1n) is 6.71. The minimum absolute atomic E-state index is 0.0402. The molecule has 0 aromatic heterocycles. The maximum Gasteiger partial charge on any atom is 0.303 e. The van der Waals surface area contributed by atoms with Gasteiger partial charge >= 0.3 is 5.97 Å². The second-order valence-electron chi connectivity index (χ2n) is 6.49. The molecule has 18 heavy (non-hydrogen) atoms. The summed E-state index contributed by atoms with van der Waals surface area (Å²) in [6.07, 6.45) is 1.41. The highest BCUT2D eigenvalue weighted by Crippen LogP contribution is 2.28. The summed E-state index contributed by atoms with van der Waals surface area (Å²) >= 11 is 0. The fourth-order valence-electron chi connectivity index (χ4n) is 2.48. The number of hydrogen-bond acceptors (Lipinski definition) is 2. The first kappa shape index (κ1) is 15.0. The molecule has 4 heteroatoms. The first-order chi connectivity index (χ1) is 8.21. The summed E-state index contributed by atoms with van der Waals surface area (Å²) in [5.41, 5.74) is -0.463. The molecule has 1 amide bonds. The summed E-state index contributed by atoms with van der Waals surface area (Å²) in [4.78, 5) is 24.8. The van der Waals surface area contributed by atoms with Crippen LogP contribution in [0.15, 0.2) is 0 Å². The maximum atomic E-state index is 12.2. The molecule has 0 aliphatic carbocycles. The highest BCUT2D eigenvalue weighted by molar-refractivity contribution is 5.78. The molecule has 1 aliphatic heterocycles. The smallest absolute Gasteiger partial charge is 0.303 e. The Hall–Kier alpha value is -1.06. The average molecular weight is 255 g/mol. The van der Waals surface area contributed by atoms with Crippen LogP contribution in [-0.4, -0.2) is 35.0 Å². The molecule has 0 aromatic rings. The van der Waals surface area contributed by atoms with Crippen LogP contribution >= 0.6 is 0 Å². The van der Waals surface area contributed by atoms with E-state index in [9.17, 15) is 9.59 Å². The minimum Gasteiger partial charge on any atom is -0.481 e. The lowest BCUT2D eigenvalue weighted by atomic mass is 9.84. The first-order valence-corrected chi connectivity index (χ1v) is 6.71. The van der Waals surface area contributed by atoms with E-state index in [4.69, 9.17) is 5.11 Å². The van der Waals surface area contributed by atoms with Gasteiger partial charge in [0.25, 0.3) is 0 Å². The van der Waals surface area contributed by atoms with Crippen LogP contribution in [0.1, 0.15) is 47.0 Å². The van der Waals surface area contributed by atoms with Crippen molar-refractivity contribution >= 4 is 11.9 Å². The third kappa shape index (κ3) is 4.31. The molecule has 1 heterocycles. The van der Waals surface area contributed by atoms with Gasteiger partial charge in [0.1, 0.15) is 0 Å². The monoisotopic (exact) mass is 255 g/mol. The number of hydrogen-bond donors (Lipinski definition) is 1. The molecule has 2 unspecified atom stereocenters. The lowest BCUT2D eigenvalue weighted by Crippen LogP contribution is -2.43. The Bertz CT molecular complexity index is 325. The zero-order valence-corrected chi connectivity index (χ0v) is 11.9. The molecule has 0 radical (unpaired) electrons. The number of carbonyl (C=O) groups excluding carboxylic acids is 1. The third-order valence-electron chi connectivity index (χ3n) is 3.95. The summed E-state index contributed by atoms with van der Waals surface area (Å²) < 4.78 is 0. The van der Waals surface area contributed by atoms with Gasteiger partial charge in [0.05, 0.1) is 6.42 Å². The van der Waals surface area contributed by atoms with E-state index < -0.39 is 11.4 Å². The van der Waals surface area contributed by atoms with Crippen LogP contribution < -0.4 is 0 Å². The summed E-state index contributed by atoms with van der Waals surface area (Å²) in [5, 5.41) is 8.82. The van der Waals surface area contributed by atoms with Crippen molar-refractivity contribution in [3.8, 4) is 0 Å². The van der Waals surface area contributed by atoms with Crippen molar-refractivity contribution < 1.29 is 14.7 Å². The molecular formula is C14H25NO3. The van der Waals surface area contributed by atoms with Gasteiger partial charge in [-0.25, -0.2) is 0 Å². The standard InChI is InChI=1S/C14H25NO3/c1-10-5-6-15(9-11(10)2)12(16)7-14(3,4)8-13(17)18/h10-11H,5-9H2,1-4H3,(H,17,18). The van der Waals surface area contributed by atoms with Gasteiger partial charge in [-0.1, -0.05) is 27.7 Å². The van der Waals surface area contributed by atoms with Gasteiger partial charge in [0.15, 0.2) is 0 Å². The molecule has 2 atom stereocenters. The predicted molar refractivity (Wildman–Crippen MR) is 70.2 cm³/mol. The van der Waals surface area contributed by atoms with Crippen LogP contribution in [0, 0.1) is 17.3 Å². The number of nitrogens with zero attached hydrogens (tertiary/aromatic N) is 1. The number of carbonyl (C=O) groups is 2. The van der Waals surface area contributed by atoms with E-state index in [2.05, 4.69) is 13.8 Å². The fourth-order valence-corrected chi connectivity index (χ4v) is 2.48.